The first-order valence-electron chi connectivity index (χ1n) is 6.47. The lowest BCUT2D eigenvalue weighted by atomic mass is 10.1. The van der Waals surface area contributed by atoms with Gasteiger partial charge in [0, 0.05) is 11.6 Å². The van der Waals surface area contributed by atoms with Crippen molar-refractivity contribution in [3.63, 3.8) is 0 Å². The molecule has 4 heteroatoms. The number of halogens is 2. The third-order valence-electron chi connectivity index (χ3n) is 2.93. The van der Waals surface area contributed by atoms with Crippen LogP contribution in [0.1, 0.15) is 18.1 Å². The summed E-state index contributed by atoms with van der Waals surface area (Å²) in [5.41, 5.74) is 7.82. The molecule has 2 nitrogen and oxygen atoms in total. The topological polar surface area (TPSA) is 35.2 Å². The molecular weight excluding hydrogens is 293 g/mol. The SMILES string of the molecule is CC(N)Cc1ccccc1OCc1cccc(Cl)c1Cl. The van der Waals surface area contributed by atoms with Crippen LogP contribution in [0.2, 0.25) is 10.0 Å². The summed E-state index contributed by atoms with van der Waals surface area (Å²) in [6, 6.07) is 13.5. The molecule has 1 atom stereocenters. The maximum Gasteiger partial charge on any atom is 0.123 e. The highest BCUT2D eigenvalue weighted by atomic mass is 35.5. The molecule has 0 aliphatic carbocycles. The molecule has 0 aromatic heterocycles. The number of rotatable bonds is 5. The van der Waals surface area contributed by atoms with Crippen LogP contribution in [0, 0.1) is 0 Å². The summed E-state index contributed by atoms with van der Waals surface area (Å²) in [5, 5.41) is 1.08. The van der Waals surface area contributed by atoms with Crippen molar-refractivity contribution in [2.45, 2.75) is 26.0 Å². The van der Waals surface area contributed by atoms with Crippen molar-refractivity contribution in [2.75, 3.05) is 0 Å². The van der Waals surface area contributed by atoms with Crippen molar-refractivity contribution in [3.05, 3.63) is 63.6 Å². The van der Waals surface area contributed by atoms with E-state index in [-0.39, 0.29) is 6.04 Å². The van der Waals surface area contributed by atoms with Crippen LogP contribution >= 0.6 is 23.2 Å². The van der Waals surface area contributed by atoms with Gasteiger partial charge < -0.3 is 10.5 Å². The van der Waals surface area contributed by atoms with Crippen molar-refractivity contribution in [1.82, 2.24) is 0 Å². The minimum Gasteiger partial charge on any atom is -0.489 e. The smallest absolute Gasteiger partial charge is 0.123 e. The van der Waals surface area contributed by atoms with Gasteiger partial charge in [0.15, 0.2) is 0 Å². The summed E-state index contributed by atoms with van der Waals surface area (Å²) in [6.07, 6.45) is 0.777. The number of nitrogens with two attached hydrogens (primary N) is 1. The Morgan fingerprint density at radius 3 is 2.50 bits per heavy atom. The number of ether oxygens (including phenoxy) is 1. The highest BCUT2D eigenvalue weighted by Gasteiger charge is 2.08. The van der Waals surface area contributed by atoms with Crippen molar-refractivity contribution >= 4 is 23.2 Å². The van der Waals surface area contributed by atoms with Crippen LogP contribution in [0.15, 0.2) is 42.5 Å². The summed E-state index contributed by atoms with van der Waals surface area (Å²) in [6.45, 7) is 2.36. The van der Waals surface area contributed by atoms with E-state index >= 15 is 0 Å². The second kappa shape index (κ2) is 6.98. The van der Waals surface area contributed by atoms with Crippen LogP contribution < -0.4 is 10.5 Å². The Morgan fingerprint density at radius 2 is 1.75 bits per heavy atom. The molecule has 2 N–H and O–H groups in total. The van der Waals surface area contributed by atoms with Gasteiger partial charge in [-0.3, -0.25) is 0 Å². The molecule has 2 rings (SSSR count). The van der Waals surface area contributed by atoms with E-state index in [1.165, 1.54) is 0 Å². The molecule has 0 radical (unpaired) electrons. The van der Waals surface area contributed by atoms with E-state index in [0.29, 0.717) is 16.7 Å². The molecule has 2 aromatic rings. The molecule has 0 heterocycles. The number of para-hydroxylation sites is 1. The molecule has 0 amide bonds. The molecule has 0 aliphatic heterocycles. The Labute approximate surface area is 129 Å². The van der Waals surface area contributed by atoms with Gasteiger partial charge in [0.1, 0.15) is 12.4 Å². The van der Waals surface area contributed by atoms with Crippen LogP contribution in [0.4, 0.5) is 0 Å². The Kier molecular flexibility index (Phi) is 5.30. The van der Waals surface area contributed by atoms with Gasteiger partial charge >= 0.3 is 0 Å². The van der Waals surface area contributed by atoms with Gasteiger partial charge in [-0.05, 0) is 31.0 Å². The predicted octanol–water partition coefficient (Wildman–Crippen LogP) is 4.46. The maximum absolute atomic E-state index is 6.15. The lowest BCUT2D eigenvalue weighted by molar-refractivity contribution is 0.302. The first-order chi connectivity index (χ1) is 9.58. The zero-order valence-corrected chi connectivity index (χ0v) is 12.8. The van der Waals surface area contributed by atoms with Gasteiger partial charge in [0.25, 0.3) is 0 Å². The summed E-state index contributed by atoms with van der Waals surface area (Å²) >= 11 is 12.1. The van der Waals surface area contributed by atoms with Crippen LogP contribution in [-0.4, -0.2) is 6.04 Å². The third-order valence-corrected chi connectivity index (χ3v) is 3.79. The quantitative estimate of drug-likeness (QED) is 0.885. The Balaban J connectivity index is 2.13. The van der Waals surface area contributed by atoms with Crippen molar-refractivity contribution in [3.8, 4) is 5.75 Å². The Hall–Kier alpha value is -1.22. The highest BCUT2D eigenvalue weighted by molar-refractivity contribution is 6.42. The summed E-state index contributed by atoms with van der Waals surface area (Å²) in [7, 11) is 0. The van der Waals surface area contributed by atoms with Crippen molar-refractivity contribution < 1.29 is 4.74 Å². The van der Waals surface area contributed by atoms with Gasteiger partial charge in [-0.25, -0.2) is 0 Å². The average molecular weight is 310 g/mol. The van der Waals surface area contributed by atoms with Gasteiger partial charge in [-0.15, -0.1) is 0 Å². The average Bonchev–Trinajstić information content (AvgIpc) is 2.41. The highest BCUT2D eigenvalue weighted by Crippen LogP contribution is 2.27. The fraction of sp³-hybridized carbons (Fsp3) is 0.250. The van der Waals surface area contributed by atoms with E-state index in [0.717, 1.165) is 23.3 Å². The van der Waals surface area contributed by atoms with E-state index in [1.54, 1.807) is 6.07 Å². The van der Waals surface area contributed by atoms with E-state index in [4.69, 9.17) is 33.7 Å². The van der Waals surface area contributed by atoms with E-state index in [1.807, 2.05) is 43.3 Å². The lowest BCUT2D eigenvalue weighted by Gasteiger charge is -2.14. The van der Waals surface area contributed by atoms with Gasteiger partial charge in [-0.1, -0.05) is 53.5 Å². The Morgan fingerprint density at radius 1 is 1.05 bits per heavy atom. The number of hydrogen-bond donors (Lipinski definition) is 1. The molecule has 106 valence electrons. The molecule has 0 saturated carbocycles. The zero-order chi connectivity index (χ0) is 14.5. The third kappa shape index (κ3) is 3.89. The minimum atomic E-state index is 0.0921. The molecule has 2 aromatic carbocycles. The predicted molar refractivity (Wildman–Crippen MR) is 84.6 cm³/mol. The molecule has 0 spiro atoms. The van der Waals surface area contributed by atoms with Crippen LogP contribution in [0.25, 0.3) is 0 Å². The Bertz CT molecular complexity index is 584. The normalized spacial score (nSPS) is 12.2. The zero-order valence-electron chi connectivity index (χ0n) is 11.3. The second-order valence-electron chi connectivity index (χ2n) is 4.79. The fourth-order valence-electron chi connectivity index (χ4n) is 1.98. The molecule has 1 unspecified atom stereocenters. The molecule has 0 aliphatic rings. The second-order valence-corrected chi connectivity index (χ2v) is 5.58. The molecule has 0 bridgehead atoms. The molecule has 0 saturated heterocycles. The number of hydrogen-bond acceptors (Lipinski definition) is 2. The number of benzene rings is 2. The fourth-order valence-corrected chi connectivity index (χ4v) is 2.35. The van der Waals surface area contributed by atoms with Crippen molar-refractivity contribution in [1.29, 1.82) is 0 Å². The van der Waals surface area contributed by atoms with Gasteiger partial charge in [0.2, 0.25) is 0 Å². The standard InChI is InChI=1S/C16H17Cl2NO/c1-11(19)9-12-5-2-3-8-15(12)20-10-13-6-4-7-14(17)16(13)18/h2-8,11H,9-10,19H2,1H3. The first kappa shape index (κ1) is 15.2. The summed E-state index contributed by atoms with van der Waals surface area (Å²) in [5.74, 6) is 0.834. The minimum absolute atomic E-state index is 0.0921. The van der Waals surface area contributed by atoms with E-state index in [2.05, 4.69) is 0 Å². The largest absolute Gasteiger partial charge is 0.489 e. The molecular formula is C16H17Cl2NO. The van der Waals surface area contributed by atoms with E-state index < -0.39 is 0 Å². The van der Waals surface area contributed by atoms with Crippen LogP contribution in [0.3, 0.4) is 0 Å². The van der Waals surface area contributed by atoms with Crippen LogP contribution in [-0.2, 0) is 13.0 Å². The van der Waals surface area contributed by atoms with Gasteiger partial charge in [0.05, 0.1) is 10.0 Å². The summed E-state index contributed by atoms with van der Waals surface area (Å²) in [4.78, 5) is 0. The van der Waals surface area contributed by atoms with Crippen molar-refractivity contribution in [2.24, 2.45) is 5.73 Å². The molecule has 20 heavy (non-hydrogen) atoms. The molecule has 0 fully saturated rings. The van der Waals surface area contributed by atoms with E-state index in [9.17, 15) is 0 Å². The van der Waals surface area contributed by atoms with Gasteiger partial charge in [-0.2, -0.15) is 0 Å². The first-order valence-corrected chi connectivity index (χ1v) is 7.22. The lowest BCUT2D eigenvalue weighted by Crippen LogP contribution is -2.18. The van der Waals surface area contributed by atoms with Crippen LogP contribution in [0.5, 0.6) is 5.75 Å². The monoisotopic (exact) mass is 309 g/mol. The summed E-state index contributed by atoms with van der Waals surface area (Å²) < 4.78 is 5.86. The maximum atomic E-state index is 6.15.